The molecule has 0 bridgehead atoms. The number of benzene rings is 2. The van der Waals surface area contributed by atoms with Gasteiger partial charge in [0.15, 0.2) is 0 Å². The molecule has 0 radical (unpaired) electrons. The monoisotopic (exact) mass is 491 g/mol. The first kappa shape index (κ1) is 21.4. The minimum absolute atomic E-state index is 0.220. The maximum absolute atomic E-state index is 13.8. The highest BCUT2D eigenvalue weighted by Crippen LogP contribution is 2.44. The quantitative estimate of drug-likeness (QED) is 0.313. The Balaban J connectivity index is 1.49. The summed E-state index contributed by atoms with van der Waals surface area (Å²) >= 11 is 8.05. The number of thiophene rings is 1. The van der Waals surface area contributed by atoms with E-state index in [1.54, 1.807) is 12.1 Å². The molecule has 6 rings (SSSR count). The molecule has 0 unspecified atom stereocenters. The molecule has 0 fully saturated rings. The summed E-state index contributed by atoms with van der Waals surface area (Å²) in [7, 11) is 0. The van der Waals surface area contributed by atoms with Gasteiger partial charge in [-0.05, 0) is 85.3 Å². The molecule has 2 aromatic carbocycles. The van der Waals surface area contributed by atoms with Gasteiger partial charge in [0.05, 0.1) is 18.3 Å². The summed E-state index contributed by atoms with van der Waals surface area (Å²) in [6.45, 7) is 0.503. The second-order valence-electron chi connectivity index (χ2n) is 8.82. The fraction of sp³-hybridized carbons (Fsp3) is 0.222. The number of hydrogen-bond donors (Lipinski definition) is 1. The molecule has 7 heteroatoms. The zero-order chi connectivity index (χ0) is 23.2. The Bertz CT molecular complexity index is 1360. The Hall–Kier alpha value is -3.09. The van der Waals surface area contributed by atoms with Gasteiger partial charge in [-0.1, -0.05) is 23.7 Å². The summed E-state index contributed by atoms with van der Waals surface area (Å²) in [4.78, 5) is 17.1. The third kappa shape index (κ3) is 3.71. The van der Waals surface area contributed by atoms with Gasteiger partial charge in [0, 0.05) is 27.3 Å². The van der Waals surface area contributed by atoms with Crippen molar-refractivity contribution in [3.8, 4) is 5.00 Å². The normalized spacial score (nSPS) is 16.9. The molecule has 0 saturated heterocycles. The van der Waals surface area contributed by atoms with Crippen LogP contribution in [0.25, 0.3) is 5.00 Å². The van der Waals surface area contributed by atoms with Crippen molar-refractivity contribution >= 4 is 34.7 Å². The molecule has 1 aliphatic heterocycles. The predicted octanol–water partition coefficient (Wildman–Crippen LogP) is 7.35. The Morgan fingerprint density at radius 3 is 2.56 bits per heavy atom. The van der Waals surface area contributed by atoms with Crippen molar-refractivity contribution < 1.29 is 9.18 Å². The molecule has 1 aliphatic carbocycles. The highest BCUT2D eigenvalue weighted by molar-refractivity contribution is 7.15. The summed E-state index contributed by atoms with van der Waals surface area (Å²) < 4.78 is 15.7. The van der Waals surface area contributed by atoms with Crippen LogP contribution in [0.15, 0.2) is 66.9 Å². The van der Waals surface area contributed by atoms with E-state index < -0.39 is 0 Å². The molecule has 1 atom stereocenters. The summed E-state index contributed by atoms with van der Waals surface area (Å²) in [5, 5.41) is 4.86. The zero-order valence-corrected chi connectivity index (χ0v) is 20.0. The molecule has 3 heterocycles. The number of aryl methyl sites for hydroxylation is 1. The van der Waals surface area contributed by atoms with Crippen LogP contribution in [0.3, 0.4) is 0 Å². The van der Waals surface area contributed by atoms with E-state index in [1.807, 2.05) is 46.6 Å². The van der Waals surface area contributed by atoms with Gasteiger partial charge in [-0.3, -0.25) is 0 Å². The van der Waals surface area contributed by atoms with E-state index in [1.165, 1.54) is 46.0 Å². The minimum Gasteiger partial charge on any atom is -0.310 e. The summed E-state index contributed by atoms with van der Waals surface area (Å²) in [5.74, 6) is -0.334. The lowest BCUT2D eigenvalue weighted by atomic mass is 9.95. The van der Waals surface area contributed by atoms with Gasteiger partial charge in [-0.2, -0.15) is 0 Å². The van der Waals surface area contributed by atoms with Gasteiger partial charge in [-0.25, -0.2) is 9.18 Å². The number of carbonyl (C=O) groups excluding carboxylic acids is 1. The van der Waals surface area contributed by atoms with E-state index in [9.17, 15) is 9.18 Å². The van der Waals surface area contributed by atoms with Crippen molar-refractivity contribution in [1.29, 1.82) is 0 Å². The molecule has 34 heavy (non-hydrogen) atoms. The predicted molar refractivity (Wildman–Crippen MR) is 135 cm³/mol. The number of rotatable bonds is 2. The van der Waals surface area contributed by atoms with Crippen LogP contribution in [-0.4, -0.2) is 15.5 Å². The molecule has 2 aromatic heterocycles. The van der Waals surface area contributed by atoms with E-state index in [-0.39, 0.29) is 17.9 Å². The van der Waals surface area contributed by atoms with Gasteiger partial charge >= 0.3 is 6.03 Å². The molecule has 1 N–H and O–H groups in total. The number of carbonyl (C=O) groups is 1. The van der Waals surface area contributed by atoms with E-state index >= 15 is 0 Å². The van der Waals surface area contributed by atoms with Crippen LogP contribution >= 0.6 is 22.9 Å². The summed E-state index contributed by atoms with van der Waals surface area (Å²) in [6, 6.07) is 17.2. The zero-order valence-electron chi connectivity index (χ0n) is 18.4. The highest BCUT2D eigenvalue weighted by atomic mass is 35.5. The molecular weight excluding hydrogens is 469 g/mol. The number of nitrogens with one attached hydrogen (secondary N) is 1. The third-order valence-electron chi connectivity index (χ3n) is 6.72. The van der Waals surface area contributed by atoms with E-state index in [0.29, 0.717) is 17.3 Å². The lowest BCUT2D eigenvalue weighted by Gasteiger charge is -2.31. The van der Waals surface area contributed by atoms with Crippen LogP contribution < -0.4 is 5.32 Å². The Kier molecular flexibility index (Phi) is 5.42. The second-order valence-corrected chi connectivity index (χ2v) is 10.3. The van der Waals surface area contributed by atoms with Crippen molar-refractivity contribution in [3.05, 3.63) is 105 Å². The van der Waals surface area contributed by atoms with Gasteiger partial charge in [0.1, 0.15) is 10.8 Å². The van der Waals surface area contributed by atoms with Crippen molar-refractivity contribution in [2.75, 3.05) is 5.32 Å². The minimum atomic E-state index is -0.334. The molecular formula is C27H23ClFN3OS. The molecule has 4 nitrogen and oxygen atoms in total. The van der Waals surface area contributed by atoms with Crippen molar-refractivity contribution in [1.82, 2.24) is 9.47 Å². The lowest BCUT2D eigenvalue weighted by molar-refractivity contribution is 0.194. The molecule has 0 saturated carbocycles. The fourth-order valence-corrected chi connectivity index (χ4v) is 6.64. The molecule has 0 spiro atoms. The Morgan fingerprint density at radius 2 is 1.76 bits per heavy atom. The number of amides is 2. The number of aromatic nitrogens is 1. The van der Waals surface area contributed by atoms with Gasteiger partial charge < -0.3 is 14.8 Å². The number of anilines is 1. The van der Waals surface area contributed by atoms with E-state index in [2.05, 4.69) is 22.1 Å². The maximum atomic E-state index is 13.8. The van der Waals surface area contributed by atoms with Crippen LogP contribution in [0.4, 0.5) is 14.9 Å². The molecule has 2 aliphatic rings. The molecule has 4 aromatic rings. The van der Waals surface area contributed by atoms with Crippen molar-refractivity contribution in [2.45, 2.75) is 38.3 Å². The smallest absolute Gasteiger partial charge is 0.310 e. The molecule has 172 valence electrons. The first-order chi connectivity index (χ1) is 16.6. The largest absolute Gasteiger partial charge is 0.322 e. The Labute approximate surface area is 206 Å². The van der Waals surface area contributed by atoms with Crippen molar-refractivity contribution in [3.63, 3.8) is 0 Å². The standard InChI is InChI=1S/C27H23ClFN3OS/c28-18-9-7-17(8-10-18)25-23-5-3-15-31(23)26-22(21-4-1-2-6-24(21)34-26)16-32(25)27(33)30-20-13-11-19(29)12-14-20/h3,5,7-15,25H,1-2,4,6,16H2,(H,30,33)/t25-/m1/s1. The fourth-order valence-electron chi connectivity index (χ4n) is 5.11. The van der Waals surface area contributed by atoms with Gasteiger partial charge in [0.2, 0.25) is 0 Å². The van der Waals surface area contributed by atoms with Gasteiger partial charge in [0.25, 0.3) is 0 Å². The lowest BCUT2D eigenvalue weighted by Crippen LogP contribution is -2.38. The molecule has 2 amide bonds. The van der Waals surface area contributed by atoms with Crippen LogP contribution in [0.1, 0.15) is 46.1 Å². The number of urea groups is 1. The number of nitrogens with zero attached hydrogens (tertiary/aromatic N) is 2. The van der Waals surface area contributed by atoms with Crippen LogP contribution in [0, 0.1) is 5.82 Å². The summed E-state index contributed by atoms with van der Waals surface area (Å²) in [5.41, 5.74) is 5.23. The number of fused-ring (bicyclic) bond motifs is 5. The average molecular weight is 492 g/mol. The third-order valence-corrected chi connectivity index (χ3v) is 8.31. The first-order valence-electron chi connectivity index (χ1n) is 11.5. The second kappa shape index (κ2) is 8.60. The van der Waals surface area contributed by atoms with Gasteiger partial charge in [-0.15, -0.1) is 11.3 Å². The first-order valence-corrected chi connectivity index (χ1v) is 12.7. The summed E-state index contributed by atoms with van der Waals surface area (Å²) in [6.07, 6.45) is 6.65. The van der Waals surface area contributed by atoms with Crippen LogP contribution in [-0.2, 0) is 19.4 Å². The van der Waals surface area contributed by atoms with Crippen molar-refractivity contribution in [2.24, 2.45) is 0 Å². The number of halogens is 2. The average Bonchev–Trinajstić information content (AvgIpc) is 3.43. The van der Waals surface area contributed by atoms with E-state index in [0.717, 1.165) is 24.1 Å². The van der Waals surface area contributed by atoms with Crippen LogP contribution in [0.5, 0.6) is 0 Å². The topological polar surface area (TPSA) is 37.3 Å². The highest BCUT2D eigenvalue weighted by Gasteiger charge is 2.36. The maximum Gasteiger partial charge on any atom is 0.322 e. The van der Waals surface area contributed by atoms with Crippen LogP contribution in [0.2, 0.25) is 5.02 Å². The number of hydrogen-bond acceptors (Lipinski definition) is 2. The van der Waals surface area contributed by atoms with E-state index in [4.69, 9.17) is 11.6 Å². The Morgan fingerprint density at radius 1 is 1.00 bits per heavy atom. The SMILES string of the molecule is O=C(Nc1ccc(F)cc1)N1Cc2c(sc3c2CCCC3)-n2cccc2[C@H]1c1ccc(Cl)cc1.